The molecular formula is C16H25N3. The first kappa shape index (κ1) is 12.8. The van der Waals surface area contributed by atoms with Gasteiger partial charge in [0.2, 0.25) is 0 Å². The zero-order chi connectivity index (χ0) is 13.2. The number of hydrogen-bond donors (Lipinski definition) is 1. The second kappa shape index (κ2) is 5.41. The van der Waals surface area contributed by atoms with Gasteiger partial charge in [-0.25, -0.2) is 0 Å². The van der Waals surface area contributed by atoms with Crippen molar-refractivity contribution in [2.24, 2.45) is 0 Å². The van der Waals surface area contributed by atoms with Gasteiger partial charge in [0, 0.05) is 30.5 Å². The van der Waals surface area contributed by atoms with Crippen molar-refractivity contribution in [1.29, 1.82) is 0 Å². The first-order chi connectivity index (χ1) is 9.22. The van der Waals surface area contributed by atoms with Crippen molar-refractivity contribution >= 4 is 11.4 Å². The van der Waals surface area contributed by atoms with Crippen LogP contribution in [-0.2, 0) is 0 Å². The Hall–Kier alpha value is -1.22. The summed E-state index contributed by atoms with van der Waals surface area (Å²) in [6.45, 7) is 7.06. The van der Waals surface area contributed by atoms with E-state index in [0.29, 0.717) is 0 Å². The average Bonchev–Trinajstić information content (AvgIpc) is 2.88. The summed E-state index contributed by atoms with van der Waals surface area (Å²) < 4.78 is 0. The second-order valence-electron chi connectivity index (χ2n) is 6.09. The maximum absolute atomic E-state index is 5.97. The Kier molecular flexibility index (Phi) is 3.65. The number of piperidine rings is 1. The molecule has 19 heavy (non-hydrogen) atoms. The monoisotopic (exact) mass is 259 g/mol. The molecule has 3 rings (SSSR count). The lowest BCUT2D eigenvalue weighted by Crippen LogP contribution is -2.40. The van der Waals surface area contributed by atoms with Crippen molar-refractivity contribution in [3.8, 4) is 0 Å². The zero-order valence-electron chi connectivity index (χ0n) is 11.9. The van der Waals surface area contributed by atoms with E-state index in [-0.39, 0.29) is 0 Å². The van der Waals surface area contributed by atoms with E-state index in [1.165, 1.54) is 63.1 Å². The molecule has 1 atom stereocenters. The van der Waals surface area contributed by atoms with E-state index in [4.69, 9.17) is 5.73 Å². The lowest BCUT2D eigenvalue weighted by molar-refractivity contribution is 0.175. The minimum absolute atomic E-state index is 0.752. The number of benzene rings is 1. The van der Waals surface area contributed by atoms with Gasteiger partial charge >= 0.3 is 0 Å². The largest absolute Gasteiger partial charge is 0.399 e. The molecule has 2 fully saturated rings. The van der Waals surface area contributed by atoms with Gasteiger partial charge in [0.25, 0.3) is 0 Å². The maximum atomic E-state index is 5.97. The van der Waals surface area contributed by atoms with Crippen LogP contribution in [0.2, 0.25) is 0 Å². The minimum Gasteiger partial charge on any atom is -0.399 e. The zero-order valence-corrected chi connectivity index (χ0v) is 11.9. The molecule has 3 nitrogen and oxygen atoms in total. The molecule has 2 saturated heterocycles. The van der Waals surface area contributed by atoms with E-state index in [1.807, 2.05) is 6.07 Å². The van der Waals surface area contributed by atoms with Crippen LogP contribution in [0.4, 0.5) is 11.4 Å². The second-order valence-corrected chi connectivity index (χ2v) is 6.09. The smallest absolute Gasteiger partial charge is 0.0390 e. The van der Waals surface area contributed by atoms with Crippen molar-refractivity contribution in [2.75, 3.05) is 36.8 Å². The van der Waals surface area contributed by atoms with Gasteiger partial charge in [-0.3, -0.25) is 4.90 Å². The third-order valence-corrected chi connectivity index (χ3v) is 4.52. The Labute approximate surface area is 116 Å². The summed E-state index contributed by atoms with van der Waals surface area (Å²) in [5, 5.41) is 0. The highest BCUT2D eigenvalue weighted by molar-refractivity contribution is 5.59. The Morgan fingerprint density at radius 3 is 2.58 bits per heavy atom. The van der Waals surface area contributed by atoms with Crippen molar-refractivity contribution in [3.05, 3.63) is 23.8 Å². The summed E-state index contributed by atoms with van der Waals surface area (Å²) in [5.41, 5.74) is 9.42. The number of nitrogen functional groups attached to an aromatic ring is 1. The van der Waals surface area contributed by atoms with Crippen LogP contribution < -0.4 is 10.6 Å². The van der Waals surface area contributed by atoms with E-state index in [9.17, 15) is 0 Å². The van der Waals surface area contributed by atoms with E-state index >= 15 is 0 Å². The lowest BCUT2D eigenvalue weighted by atomic mass is 10.1. The molecule has 0 spiro atoms. The maximum Gasteiger partial charge on any atom is 0.0390 e. The van der Waals surface area contributed by atoms with Gasteiger partial charge in [-0.15, -0.1) is 0 Å². The molecule has 1 unspecified atom stereocenters. The van der Waals surface area contributed by atoms with Crippen LogP contribution in [0.5, 0.6) is 0 Å². The quantitative estimate of drug-likeness (QED) is 0.829. The van der Waals surface area contributed by atoms with Crippen LogP contribution >= 0.6 is 0 Å². The highest BCUT2D eigenvalue weighted by Crippen LogP contribution is 2.27. The molecule has 1 aromatic rings. The molecule has 104 valence electrons. The van der Waals surface area contributed by atoms with Gasteiger partial charge in [0.05, 0.1) is 0 Å². The molecule has 0 amide bonds. The van der Waals surface area contributed by atoms with Crippen LogP contribution in [0.3, 0.4) is 0 Å². The van der Waals surface area contributed by atoms with E-state index < -0.39 is 0 Å². The fraction of sp³-hybridized carbons (Fsp3) is 0.625. The number of nitrogens with zero attached hydrogens (tertiary/aromatic N) is 2. The average molecular weight is 259 g/mol. The number of hydrogen-bond acceptors (Lipinski definition) is 3. The Morgan fingerprint density at radius 1 is 1.05 bits per heavy atom. The highest BCUT2D eigenvalue weighted by atomic mass is 15.3. The summed E-state index contributed by atoms with van der Waals surface area (Å²) in [5.74, 6) is 0. The third-order valence-electron chi connectivity index (χ3n) is 4.52. The predicted octanol–water partition coefficient (Wildman–Crippen LogP) is 2.64. The van der Waals surface area contributed by atoms with Crippen molar-refractivity contribution in [3.63, 3.8) is 0 Å². The van der Waals surface area contributed by atoms with Crippen molar-refractivity contribution in [1.82, 2.24) is 4.90 Å². The van der Waals surface area contributed by atoms with Crippen LogP contribution in [0.15, 0.2) is 18.2 Å². The van der Waals surface area contributed by atoms with Gasteiger partial charge < -0.3 is 10.6 Å². The number of nitrogens with two attached hydrogens (primary N) is 1. The Balaban J connectivity index is 1.67. The van der Waals surface area contributed by atoms with Gasteiger partial charge in [-0.2, -0.15) is 0 Å². The lowest BCUT2D eigenvalue weighted by Gasteiger charge is -2.32. The Bertz CT molecular complexity index is 417. The molecule has 3 heteroatoms. The topological polar surface area (TPSA) is 32.5 Å². The summed E-state index contributed by atoms with van der Waals surface area (Å²) in [6, 6.07) is 7.17. The fourth-order valence-corrected chi connectivity index (χ4v) is 3.53. The van der Waals surface area contributed by atoms with Gasteiger partial charge in [-0.1, -0.05) is 6.42 Å². The van der Waals surface area contributed by atoms with Crippen LogP contribution in [-0.4, -0.2) is 37.1 Å². The SMILES string of the molecule is Cc1cc(N)cc(N2CCC(N3CCCCC3)C2)c1. The van der Waals surface area contributed by atoms with Crippen molar-refractivity contribution < 1.29 is 0 Å². The first-order valence-electron chi connectivity index (χ1n) is 7.58. The molecule has 2 aliphatic heterocycles. The number of likely N-dealkylation sites (tertiary alicyclic amines) is 1. The first-order valence-corrected chi connectivity index (χ1v) is 7.58. The molecule has 0 aliphatic carbocycles. The Morgan fingerprint density at radius 2 is 1.84 bits per heavy atom. The molecule has 1 aromatic carbocycles. The van der Waals surface area contributed by atoms with Crippen LogP contribution in [0, 0.1) is 6.92 Å². The summed E-state index contributed by atoms with van der Waals surface area (Å²) in [4.78, 5) is 5.20. The van der Waals surface area contributed by atoms with E-state index in [0.717, 1.165) is 11.7 Å². The van der Waals surface area contributed by atoms with Crippen molar-refractivity contribution in [2.45, 2.75) is 38.6 Å². The van der Waals surface area contributed by atoms with E-state index in [1.54, 1.807) is 0 Å². The molecule has 0 saturated carbocycles. The van der Waals surface area contributed by atoms with Gasteiger partial charge in [0.1, 0.15) is 0 Å². The third kappa shape index (κ3) is 2.86. The van der Waals surface area contributed by atoms with Crippen LogP contribution in [0.25, 0.3) is 0 Å². The molecule has 0 aromatic heterocycles. The normalized spacial score (nSPS) is 24.9. The molecule has 0 bridgehead atoms. The molecule has 2 N–H and O–H groups in total. The predicted molar refractivity (Wildman–Crippen MR) is 81.6 cm³/mol. The molecule has 2 aliphatic rings. The molecule has 0 radical (unpaired) electrons. The molecular weight excluding hydrogens is 234 g/mol. The minimum atomic E-state index is 0.752. The highest BCUT2D eigenvalue weighted by Gasteiger charge is 2.28. The summed E-state index contributed by atoms with van der Waals surface area (Å²) >= 11 is 0. The number of aryl methyl sites for hydroxylation is 1. The standard InChI is InChI=1S/C16H25N3/c1-13-9-14(17)11-16(10-13)19-8-5-15(12-19)18-6-3-2-4-7-18/h9-11,15H,2-8,12,17H2,1H3. The summed E-state index contributed by atoms with van der Waals surface area (Å²) in [7, 11) is 0. The van der Waals surface area contributed by atoms with Crippen LogP contribution in [0.1, 0.15) is 31.2 Å². The van der Waals surface area contributed by atoms with Gasteiger partial charge in [-0.05, 0) is 63.0 Å². The number of anilines is 2. The van der Waals surface area contributed by atoms with Gasteiger partial charge in [0.15, 0.2) is 0 Å². The molecule has 2 heterocycles. The van der Waals surface area contributed by atoms with E-state index in [2.05, 4.69) is 28.9 Å². The number of rotatable bonds is 2. The fourth-order valence-electron chi connectivity index (χ4n) is 3.53. The summed E-state index contributed by atoms with van der Waals surface area (Å²) in [6.07, 6.45) is 5.48.